The molecule has 0 amide bonds. The van der Waals surface area contributed by atoms with Gasteiger partial charge in [-0.3, -0.25) is 4.99 Å². The van der Waals surface area contributed by atoms with Gasteiger partial charge in [-0.1, -0.05) is 0 Å². The van der Waals surface area contributed by atoms with Crippen molar-refractivity contribution in [3.63, 3.8) is 0 Å². The van der Waals surface area contributed by atoms with Crippen molar-refractivity contribution in [2.45, 2.75) is 30.0 Å². The van der Waals surface area contributed by atoms with Crippen molar-refractivity contribution < 1.29 is 0 Å². The number of aliphatic imine (C=N–C) groups is 1. The maximum atomic E-state index is 4.44. The predicted molar refractivity (Wildman–Crippen MR) is 45.7 cm³/mol. The summed E-state index contributed by atoms with van der Waals surface area (Å²) in [5, 5.41) is 3.95. The number of fused-ring (bicyclic) bond motifs is 1. The zero-order valence-corrected chi connectivity index (χ0v) is 7.11. The highest BCUT2D eigenvalue weighted by Gasteiger charge is 2.38. The fourth-order valence-electron chi connectivity index (χ4n) is 1.20. The van der Waals surface area contributed by atoms with E-state index >= 15 is 0 Å². The molecule has 10 heavy (non-hydrogen) atoms. The van der Waals surface area contributed by atoms with Crippen LogP contribution in [0.2, 0.25) is 0 Å². The van der Waals surface area contributed by atoms with Gasteiger partial charge in [-0.2, -0.15) is 0 Å². The molecule has 3 heteroatoms. The molecule has 0 spiro atoms. The summed E-state index contributed by atoms with van der Waals surface area (Å²) in [6, 6.07) is 0.568. The molecule has 2 unspecified atom stereocenters. The van der Waals surface area contributed by atoms with Crippen molar-refractivity contribution in [1.82, 2.24) is 5.32 Å². The first kappa shape index (κ1) is 6.68. The molecule has 2 atom stereocenters. The van der Waals surface area contributed by atoms with Crippen LogP contribution in [0.25, 0.3) is 0 Å². The normalized spacial score (nSPS) is 42.2. The van der Waals surface area contributed by atoms with Crippen LogP contribution in [0, 0.1) is 0 Å². The molecule has 0 saturated carbocycles. The second-order valence-electron chi connectivity index (χ2n) is 3.40. The van der Waals surface area contributed by atoms with Crippen LogP contribution in [0.4, 0.5) is 0 Å². The van der Waals surface area contributed by atoms with E-state index in [-0.39, 0.29) is 4.75 Å². The Labute approximate surface area is 65.5 Å². The van der Waals surface area contributed by atoms with E-state index in [4.69, 9.17) is 0 Å². The van der Waals surface area contributed by atoms with Crippen LogP contribution in [-0.4, -0.2) is 28.9 Å². The molecule has 0 radical (unpaired) electrons. The van der Waals surface area contributed by atoms with Gasteiger partial charge in [0.2, 0.25) is 0 Å². The van der Waals surface area contributed by atoms with Crippen LogP contribution in [0.1, 0.15) is 13.8 Å². The maximum absolute atomic E-state index is 4.44. The lowest BCUT2D eigenvalue weighted by molar-refractivity contribution is 0.405. The molecule has 2 rings (SSSR count). The highest BCUT2D eigenvalue weighted by Crippen LogP contribution is 2.35. The van der Waals surface area contributed by atoms with Crippen LogP contribution in [0.5, 0.6) is 0 Å². The van der Waals surface area contributed by atoms with E-state index in [1.807, 2.05) is 11.8 Å². The van der Waals surface area contributed by atoms with Crippen LogP contribution in [0.3, 0.4) is 0 Å². The maximum Gasteiger partial charge on any atom is 0.0867 e. The Balaban J connectivity index is 2.14. The van der Waals surface area contributed by atoms with Gasteiger partial charge in [0.15, 0.2) is 0 Å². The molecule has 0 aromatic carbocycles. The third-order valence-corrected chi connectivity index (χ3v) is 3.33. The van der Waals surface area contributed by atoms with Gasteiger partial charge in [-0.05, 0) is 13.8 Å². The number of nitrogens with zero attached hydrogens (tertiary/aromatic N) is 1. The quantitative estimate of drug-likeness (QED) is 0.563. The molecular weight excluding hydrogens is 144 g/mol. The first-order valence-corrected chi connectivity index (χ1v) is 4.51. The van der Waals surface area contributed by atoms with Crippen LogP contribution >= 0.6 is 11.8 Å². The number of thioether (sulfide) groups is 1. The van der Waals surface area contributed by atoms with Gasteiger partial charge >= 0.3 is 0 Å². The van der Waals surface area contributed by atoms with Crippen molar-refractivity contribution in [3.05, 3.63) is 0 Å². The first-order chi connectivity index (χ1) is 4.67. The fourth-order valence-corrected chi connectivity index (χ4v) is 2.48. The van der Waals surface area contributed by atoms with Gasteiger partial charge < -0.3 is 5.32 Å². The van der Waals surface area contributed by atoms with E-state index in [9.17, 15) is 0 Å². The van der Waals surface area contributed by atoms with Gasteiger partial charge in [0.1, 0.15) is 0 Å². The van der Waals surface area contributed by atoms with Crippen molar-refractivity contribution >= 4 is 18.0 Å². The van der Waals surface area contributed by atoms with E-state index in [0.29, 0.717) is 11.4 Å². The van der Waals surface area contributed by atoms with E-state index in [1.165, 1.54) is 0 Å². The third-order valence-electron chi connectivity index (χ3n) is 1.89. The Kier molecular flexibility index (Phi) is 1.32. The zero-order valence-electron chi connectivity index (χ0n) is 6.29. The van der Waals surface area contributed by atoms with Crippen LogP contribution in [0.15, 0.2) is 4.99 Å². The Morgan fingerprint density at radius 1 is 1.70 bits per heavy atom. The SMILES string of the molecule is CC1(C)C=NC2CNC2S1. The molecule has 1 N–H and O–H groups in total. The van der Waals surface area contributed by atoms with Crippen molar-refractivity contribution in [1.29, 1.82) is 0 Å². The second kappa shape index (κ2) is 1.98. The smallest absolute Gasteiger partial charge is 0.0867 e. The standard InChI is InChI=1S/C7H12N2S/c1-7(2)4-9-5-3-8-6(5)10-7/h4-6,8H,3H2,1-2H3. The number of hydrogen-bond donors (Lipinski definition) is 1. The van der Waals surface area contributed by atoms with Crippen molar-refractivity contribution in [3.8, 4) is 0 Å². The lowest BCUT2D eigenvalue weighted by Gasteiger charge is -2.42. The second-order valence-corrected chi connectivity index (χ2v) is 5.19. The summed E-state index contributed by atoms with van der Waals surface area (Å²) in [6.07, 6.45) is 2.08. The van der Waals surface area contributed by atoms with Crippen LogP contribution < -0.4 is 5.32 Å². The molecular formula is C7H12N2S. The Morgan fingerprint density at radius 3 is 2.90 bits per heavy atom. The molecule has 2 nitrogen and oxygen atoms in total. The van der Waals surface area contributed by atoms with Crippen LogP contribution in [-0.2, 0) is 0 Å². The summed E-state index contributed by atoms with van der Waals surface area (Å²) in [6.45, 7) is 5.49. The van der Waals surface area contributed by atoms with Gasteiger partial charge in [0.05, 0.1) is 11.4 Å². The minimum absolute atomic E-state index is 0.245. The van der Waals surface area contributed by atoms with E-state index in [0.717, 1.165) is 6.54 Å². The minimum Gasteiger partial charge on any atom is -0.301 e. The molecule has 0 aromatic rings. The number of rotatable bonds is 0. The summed E-state index contributed by atoms with van der Waals surface area (Å²) in [4.78, 5) is 4.44. The summed E-state index contributed by atoms with van der Waals surface area (Å²) >= 11 is 1.98. The molecule has 0 bridgehead atoms. The Morgan fingerprint density at radius 2 is 2.50 bits per heavy atom. The summed E-state index contributed by atoms with van der Waals surface area (Å²) < 4.78 is 0.245. The topological polar surface area (TPSA) is 24.4 Å². The molecule has 2 aliphatic heterocycles. The number of nitrogens with one attached hydrogen (secondary N) is 1. The van der Waals surface area contributed by atoms with E-state index in [2.05, 4.69) is 30.4 Å². The van der Waals surface area contributed by atoms with Gasteiger partial charge in [-0.15, -0.1) is 11.8 Å². The molecule has 1 fully saturated rings. The summed E-state index contributed by atoms with van der Waals surface area (Å²) in [5.74, 6) is 0. The molecule has 0 aliphatic carbocycles. The van der Waals surface area contributed by atoms with Gasteiger partial charge in [0.25, 0.3) is 0 Å². The lowest BCUT2D eigenvalue weighted by Crippen LogP contribution is -2.58. The van der Waals surface area contributed by atoms with Crippen molar-refractivity contribution in [2.24, 2.45) is 4.99 Å². The van der Waals surface area contributed by atoms with Crippen molar-refractivity contribution in [2.75, 3.05) is 6.54 Å². The molecule has 1 saturated heterocycles. The van der Waals surface area contributed by atoms with Gasteiger partial charge in [0, 0.05) is 17.5 Å². The average molecular weight is 156 g/mol. The van der Waals surface area contributed by atoms with Gasteiger partial charge in [-0.25, -0.2) is 0 Å². The molecule has 0 aromatic heterocycles. The molecule has 56 valence electrons. The van der Waals surface area contributed by atoms with E-state index < -0.39 is 0 Å². The monoisotopic (exact) mass is 156 g/mol. The average Bonchev–Trinajstić information content (AvgIpc) is 1.78. The Hall–Kier alpha value is -0.0200. The zero-order chi connectivity index (χ0) is 7.19. The summed E-state index contributed by atoms with van der Waals surface area (Å²) in [5.41, 5.74) is 0. The largest absolute Gasteiger partial charge is 0.301 e. The first-order valence-electron chi connectivity index (χ1n) is 3.63. The molecule has 2 aliphatic rings. The highest BCUT2D eigenvalue weighted by molar-refractivity contribution is 8.02. The highest BCUT2D eigenvalue weighted by atomic mass is 32.2. The van der Waals surface area contributed by atoms with E-state index in [1.54, 1.807) is 0 Å². The molecule has 2 heterocycles. The number of hydrogen-bond acceptors (Lipinski definition) is 3. The minimum atomic E-state index is 0.245. The predicted octanol–water partition coefficient (Wildman–Crippen LogP) is 0.881. The lowest BCUT2D eigenvalue weighted by atomic mass is 10.1. The Bertz CT molecular complexity index is 176. The summed E-state index contributed by atoms with van der Waals surface area (Å²) in [7, 11) is 0. The third kappa shape index (κ3) is 0.974. The fraction of sp³-hybridized carbons (Fsp3) is 0.857.